The molecule has 1 saturated heterocycles. The van der Waals surface area contributed by atoms with E-state index in [2.05, 4.69) is 37.8 Å². The van der Waals surface area contributed by atoms with Gasteiger partial charge < -0.3 is 14.5 Å². The predicted molar refractivity (Wildman–Crippen MR) is 113 cm³/mol. The van der Waals surface area contributed by atoms with Crippen LogP contribution in [0.5, 0.6) is 5.75 Å². The van der Waals surface area contributed by atoms with Crippen LogP contribution in [0.4, 0.5) is 0 Å². The third-order valence-corrected chi connectivity index (χ3v) is 6.53. The molecule has 4 aromatic rings. The molecule has 1 fully saturated rings. The molecule has 0 aliphatic carbocycles. The van der Waals surface area contributed by atoms with Crippen molar-refractivity contribution < 1.29 is 9.15 Å². The number of benzene rings is 1. The number of hydrogen-bond acceptors (Lipinski definition) is 7. The summed E-state index contributed by atoms with van der Waals surface area (Å²) in [5, 5.41) is 20.4. The van der Waals surface area contributed by atoms with Crippen LogP contribution < -0.4 is 10.1 Å². The van der Waals surface area contributed by atoms with Crippen LogP contribution in [-0.4, -0.2) is 39.6 Å². The zero-order valence-corrected chi connectivity index (χ0v) is 17.3. The monoisotopic (exact) mass is 409 g/mol. The van der Waals surface area contributed by atoms with Crippen LogP contribution >= 0.6 is 11.3 Å². The van der Waals surface area contributed by atoms with E-state index in [9.17, 15) is 0 Å². The first kappa shape index (κ1) is 18.3. The molecular weight excluding hydrogens is 386 g/mol. The average molecular weight is 410 g/mol. The van der Waals surface area contributed by atoms with Crippen molar-refractivity contribution in [3.8, 4) is 16.5 Å². The van der Waals surface area contributed by atoms with Crippen LogP contribution in [0.2, 0.25) is 0 Å². The summed E-state index contributed by atoms with van der Waals surface area (Å²) < 4.78 is 13.7. The van der Waals surface area contributed by atoms with Crippen LogP contribution in [0.25, 0.3) is 20.9 Å². The van der Waals surface area contributed by atoms with Gasteiger partial charge in [-0.1, -0.05) is 12.1 Å². The lowest BCUT2D eigenvalue weighted by molar-refractivity contribution is 0.165. The van der Waals surface area contributed by atoms with Crippen molar-refractivity contribution in [2.45, 2.75) is 39.2 Å². The number of fused-ring (bicyclic) bond motifs is 1. The van der Waals surface area contributed by atoms with E-state index in [-0.39, 0.29) is 6.10 Å². The zero-order valence-electron chi connectivity index (χ0n) is 16.5. The summed E-state index contributed by atoms with van der Waals surface area (Å²) in [6.45, 7) is 5.95. The van der Waals surface area contributed by atoms with Gasteiger partial charge in [0.1, 0.15) is 11.0 Å². The van der Waals surface area contributed by atoms with E-state index in [4.69, 9.17) is 9.15 Å². The highest BCUT2D eigenvalue weighted by Gasteiger charge is 2.24. The van der Waals surface area contributed by atoms with E-state index in [1.807, 2.05) is 26.0 Å². The summed E-state index contributed by atoms with van der Waals surface area (Å²) in [7, 11) is 0. The highest BCUT2D eigenvalue weighted by Crippen LogP contribution is 2.44. The molecule has 0 atom stereocenters. The molecule has 0 bridgehead atoms. The van der Waals surface area contributed by atoms with Gasteiger partial charge in [-0.2, -0.15) is 5.10 Å². The van der Waals surface area contributed by atoms with Crippen LogP contribution in [0.15, 0.2) is 28.7 Å². The third-order valence-electron chi connectivity index (χ3n) is 5.39. The molecule has 3 aromatic heterocycles. The van der Waals surface area contributed by atoms with Crippen LogP contribution in [0.3, 0.4) is 0 Å². The van der Waals surface area contributed by atoms with Crippen molar-refractivity contribution in [1.29, 1.82) is 0 Å². The molecule has 150 valence electrons. The lowest BCUT2D eigenvalue weighted by Gasteiger charge is -2.24. The van der Waals surface area contributed by atoms with E-state index < -0.39 is 0 Å². The van der Waals surface area contributed by atoms with Crippen LogP contribution in [-0.2, 0) is 6.42 Å². The molecule has 5 rings (SSSR count). The van der Waals surface area contributed by atoms with Gasteiger partial charge in [-0.15, -0.1) is 21.5 Å². The summed E-state index contributed by atoms with van der Waals surface area (Å²) in [6.07, 6.45) is 2.76. The lowest BCUT2D eigenvalue weighted by atomic mass is 10.1. The highest BCUT2D eigenvalue weighted by molar-refractivity contribution is 7.22. The van der Waals surface area contributed by atoms with Gasteiger partial charge in [0, 0.05) is 21.3 Å². The Hall–Kier alpha value is -2.71. The smallest absolute Gasteiger partial charge is 0.261 e. The fourth-order valence-corrected chi connectivity index (χ4v) is 4.82. The minimum atomic E-state index is 0.201. The van der Waals surface area contributed by atoms with Crippen molar-refractivity contribution in [2.24, 2.45) is 0 Å². The van der Waals surface area contributed by atoms with Crippen molar-refractivity contribution in [3.05, 3.63) is 47.1 Å². The molecule has 0 unspecified atom stereocenters. The van der Waals surface area contributed by atoms with Gasteiger partial charge >= 0.3 is 0 Å². The second-order valence-electron chi connectivity index (χ2n) is 7.41. The first-order valence-electron chi connectivity index (χ1n) is 9.91. The van der Waals surface area contributed by atoms with Crippen molar-refractivity contribution in [1.82, 2.24) is 25.7 Å². The fraction of sp³-hybridized carbons (Fsp3) is 0.381. The number of ether oxygens (including phenoxy) is 1. The summed E-state index contributed by atoms with van der Waals surface area (Å²) in [4.78, 5) is 0.907. The number of piperidine rings is 1. The molecule has 7 nitrogen and oxygen atoms in total. The van der Waals surface area contributed by atoms with E-state index in [0.29, 0.717) is 18.2 Å². The molecule has 1 aliphatic heterocycles. The number of aromatic nitrogens is 4. The number of rotatable bonds is 5. The molecule has 8 heteroatoms. The highest BCUT2D eigenvalue weighted by atomic mass is 32.1. The molecule has 0 saturated carbocycles. The second-order valence-corrected chi connectivity index (χ2v) is 8.47. The van der Waals surface area contributed by atoms with Gasteiger partial charge in [0.25, 0.3) is 5.89 Å². The predicted octanol–water partition coefficient (Wildman–Crippen LogP) is 4.01. The van der Waals surface area contributed by atoms with Crippen molar-refractivity contribution in [3.63, 3.8) is 0 Å². The first-order chi connectivity index (χ1) is 14.2. The second kappa shape index (κ2) is 7.61. The van der Waals surface area contributed by atoms with E-state index in [1.54, 1.807) is 11.3 Å². The Morgan fingerprint density at radius 2 is 2.00 bits per heavy atom. The Kier molecular flexibility index (Phi) is 4.81. The molecule has 1 aliphatic rings. The number of H-pyrrole nitrogens is 1. The largest absolute Gasteiger partial charge is 0.488 e. The number of nitrogens with one attached hydrogen (secondary N) is 2. The normalized spacial score (nSPS) is 15.2. The van der Waals surface area contributed by atoms with E-state index >= 15 is 0 Å². The number of aryl methyl sites for hydroxylation is 2. The molecular formula is C21H23N5O2S. The SMILES string of the molecule is Cc1n[nH]c(C)c1Cc1nnc(-c2sc3ccccc3c2OC2CCNCC2)o1. The van der Waals surface area contributed by atoms with E-state index in [1.165, 1.54) is 0 Å². The number of thiophene rings is 1. The van der Waals surface area contributed by atoms with Gasteiger partial charge in [0.05, 0.1) is 12.1 Å². The lowest BCUT2D eigenvalue weighted by Crippen LogP contribution is -2.34. The Labute approximate surface area is 172 Å². The molecule has 4 heterocycles. The fourth-order valence-electron chi connectivity index (χ4n) is 3.76. The molecule has 1 aromatic carbocycles. The quantitative estimate of drug-likeness (QED) is 0.518. The van der Waals surface area contributed by atoms with Gasteiger partial charge in [-0.05, 0) is 51.9 Å². The Balaban J connectivity index is 1.49. The van der Waals surface area contributed by atoms with Crippen molar-refractivity contribution >= 4 is 21.4 Å². The van der Waals surface area contributed by atoms with Gasteiger partial charge in [-0.3, -0.25) is 5.10 Å². The topological polar surface area (TPSA) is 88.9 Å². The minimum absolute atomic E-state index is 0.201. The Morgan fingerprint density at radius 3 is 2.79 bits per heavy atom. The molecule has 0 spiro atoms. The number of hydrogen-bond donors (Lipinski definition) is 2. The zero-order chi connectivity index (χ0) is 19.8. The molecule has 0 radical (unpaired) electrons. The summed E-state index contributed by atoms with van der Waals surface area (Å²) in [5.41, 5.74) is 3.08. The number of aromatic amines is 1. The Bertz CT molecular complexity index is 1120. The summed E-state index contributed by atoms with van der Waals surface area (Å²) in [5.74, 6) is 1.96. The minimum Gasteiger partial charge on any atom is -0.488 e. The third kappa shape index (κ3) is 3.54. The maximum atomic E-state index is 6.48. The Morgan fingerprint density at radius 1 is 1.17 bits per heavy atom. The molecule has 0 amide bonds. The van der Waals surface area contributed by atoms with Crippen LogP contribution in [0, 0.1) is 13.8 Å². The standard InChI is InChI=1S/C21H23N5O2S/c1-12-16(13(2)24-23-12)11-18-25-26-21(28-18)20-19(27-14-7-9-22-10-8-14)15-5-3-4-6-17(15)29-20/h3-6,14,22H,7-11H2,1-2H3,(H,23,24). The van der Waals surface area contributed by atoms with Crippen molar-refractivity contribution in [2.75, 3.05) is 13.1 Å². The summed E-state index contributed by atoms with van der Waals surface area (Å²) >= 11 is 1.64. The maximum Gasteiger partial charge on any atom is 0.261 e. The molecule has 2 N–H and O–H groups in total. The maximum absolute atomic E-state index is 6.48. The number of nitrogens with zero attached hydrogens (tertiary/aromatic N) is 3. The summed E-state index contributed by atoms with van der Waals surface area (Å²) in [6, 6.07) is 8.29. The van der Waals surface area contributed by atoms with Crippen LogP contribution in [0.1, 0.15) is 35.7 Å². The first-order valence-corrected chi connectivity index (χ1v) is 10.7. The van der Waals surface area contributed by atoms with Gasteiger partial charge in [0.15, 0.2) is 5.75 Å². The van der Waals surface area contributed by atoms with E-state index in [0.717, 1.165) is 63.6 Å². The van der Waals surface area contributed by atoms with Gasteiger partial charge in [0.2, 0.25) is 5.89 Å². The van der Waals surface area contributed by atoms with Gasteiger partial charge in [-0.25, -0.2) is 0 Å². The average Bonchev–Trinajstić information content (AvgIpc) is 3.43. The molecule has 29 heavy (non-hydrogen) atoms.